The monoisotopic (exact) mass is 415 g/mol. The minimum Gasteiger partial charge on any atom is -0.464 e. The number of amides is 1. The van der Waals surface area contributed by atoms with Gasteiger partial charge in [-0.2, -0.15) is 0 Å². The molecule has 0 saturated carbocycles. The molecule has 0 spiro atoms. The summed E-state index contributed by atoms with van der Waals surface area (Å²) in [5.41, 5.74) is 0. The lowest BCUT2D eigenvalue weighted by Gasteiger charge is -2.24. The van der Waals surface area contributed by atoms with Crippen molar-refractivity contribution in [3.05, 3.63) is 30.3 Å². The Morgan fingerprint density at radius 1 is 0.931 bits per heavy atom. The molecule has 1 aromatic rings. The average Bonchev–Trinajstić information content (AvgIpc) is 2.73. The SMILES string of the molecule is O=C(NCCCCCCOC(=O)C(O)C(O)C(O)C(O)CO)Oc1ccccc1. The number of hydrogen-bond acceptors (Lipinski definition) is 9. The number of aliphatic hydroxyl groups excluding tert-OH is 5. The molecule has 0 aromatic heterocycles. The molecule has 0 aliphatic rings. The molecule has 0 radical (unpaired) electrons. The van der Waals surface area contributed by atoms with Crippen LogP contribution in [0.3, 0.4) is 0 Å². The van der Waals surface area contributed by atoms with E-state index in [1.54, 1.807) is 24.3 Å². The van der Waals surface area contributed by atoms with Gasteiger partial charge in [-0.15, -0.1) is 0 Å². The zero-order valence-electron chi connectivity index (χ0n) is 16.0. The van der Waals surface area contributed by atoms with Gasteiger partial charge >= 0.3 is 12.1 Å². The summed E-state index contributed by atoms with van der Waals surface area (Å²) in [5.74, 6) is -0.676. The van der Waals surface area contributed by atoms with Gasteiger partial charge in [0.2, 0.25) is 0 Å². The van der Waals surface area contributed by atoms with E-state index in [4.69, 9.17) is 14.6 Å². The second-order valence-corrected chi connectivity index (χ2v) is 6.39. The molecular weight excluding hydrogens is 386 g/mol. The predicted octanol–water partition coefficient (Wildman–Crippen LogP) is -0.685. The van der Waals surface area contributed by atoms with Crippen molar-refractivity contribution in [1.29, 1.82) is 0 Å². The zero-order valence-corrected chi connectivity index (χ0v) is 16.0. The number of carbonyl (C=O) groups excluding carboxylic acids is 2. The van der Waals surface area contributed by atoms with E-state index in [2.05, 4.69) is 5.32 Å². The fourth-order valence-electron chi connectivity index (χ4n) is 2.32. The summed E-state index contributed by atoms with van der Waals surface area (Å²) in [6.07, 6.45) is -5.46. The first-order valence-electron chi connectivity index (χ1n) is 9.37. The number of nitrogens with one attached hydrogen (secondary N) is 1. The number of esters is 1. The van der Waals surface area contributed by atoms with Gasteiger partial charge in [-0.05, 0) is 31.4 Å². The van der Waals surface area contributed by atoms with E-state index in [1.807, 2.05) is 6.07 Å². The molecule has 4 atom stereocenters. The van der Waals surface area contributed by atoms with Crippen molar-refractivity contribution >= 4 is 12.1 Å². The molecule has 0 heterocycles. The highest BCUT2D eigenvalue weighted by atomic mass is 16.6. The van der Waals surface area contributed by atoms with Crippen LogP contribution in [0.15, 0.2) is 30.3 Å². The third-order valence-electron chi connectivity index (χ3n) is 4.03. The molecule has 4 unspecified atom stereocenters. The Balaban J connectivity index is 2.07. The van der Waals surface area contributed by atoms with Crippen molar-refractivity contribution in [1.82, 2.24) is 5.32 Å². The van der Waals surface area contributed by atoms with Gasteiger partial charge in [0.25, 0.3) is 0 Å². The Morgan fingerprint density at radius 2 is 1.59 bits per heavy atom. The first-order chi connectivity index (χ1) is 13.9. The van der Waals surface area contributed by atoms with Crippen molar-refractivity contribution in [2.24, 2.45) is 0 Å². The Hall–Kier alpha value is -2.24. The number of rotatable bonds is 13. The smallest absolute Gasteiger partial charge is 0.412 e. The van der Waals surface area contributed by atoms with E-state index >= 15 is 0 Å². The summed E-state index contributed by atoms with van der Waals surface area (Å²) in [6.45, 7) is -0.398. The van der Waals surface area contributed by atoms with E-state index in [-0.39, 0.29) is 6.61 Å². The second kappa shape index (κ2) is 13.9. The first kappa shape index (κ1) is 24.8. The third kappa shape index (κ3) is 9.68. The Morgan fingerprint density at radius 3 is 2.24 bits per heavy atom. The number of benzene rings is 1. The van der Waals surface area contributed by atoms with Crippen LogP contribution in [-0.2, 0) is 9.53 Å². The van der Waals surface area contributed by atoms with Gasteiger partial charge in [0.1, 0.15) is 24.1 Å². The fourth-order valence-corrected chi connectivity index (χ4v) is 2.32. The van der Waals surface area contributed by atoms with Crippen LogP contribution in [0.2, 0.25) is 0 Å². The van der Waals surface area contributed by atoms with Gasteiger partial charge in [0, 0.05) is 6.54 Å². The molecule has 10 heteroatoms. The van der Waals surface area contributed by atoms with E-state index < -0.39 is 43.1 Å². The second-order valence-electron chi connectivity index (χ2n) is 6.39. The highest BCUT2D eigenvalue weighted by Gasteiger charge is 2.35. The lowest BCUT2D eigenvalue weighted by molar-refractivity contribution is -0.170. The van der Waals surface area contributed by atoms with Crippen LogP contribution < -0.4 is 10.1 Å². The van der Waals surface area contributed by atoms with Crippen molar-refractivity contribution in [2.45, 2.75) is 50.1 Å². The Labute approximate surface area is 168 Å². The molecule has 0 fully saturated rings. The summed E-state index contributed by atoms with van der Waals surface area (Å²) < 4.78 is 9.87. The number of para-hydroxylation sites is 1. The maximum absolute atomic E-state index is 11.6. The summed E-state index contributed by atoms with van der Waals surface area (Å²) in [5, 5.41) is 49.1. The number of unbranched alkanes of at least 4 members (excludes halogenated alkanes) is 3. The average molecular weight is 415 g/mol. The lowest BCUT2D eigenvalue weighted by Crippen LogP contribution is -2.49. The molecular formula is C19H29NO9. The van der Waals surface area contributed by atoms with E-state index in [9.17, 15) is 30.0 Å². The third-order valence-corrected chi connectivity index (χ3v) is 4.03. The van der Waals surface area contributed by atoms with Gasteiger partial charge in [-0.1, -0.05) is 24.6 Å². The van der Waals surface area contributed by atoms with Gasteiger partial charge in [0.15, 0.2) is 6.10 Å². The summed E-state index contributed by atoms with van der Waals surface area (Å²) in [7, 11) is 0. The minimum absolute atomic E-state index is 0.00470. The van der Waals surface area contributed by atoms with Crippen LogP contribution in [0.25, 0.3) is 0 Å². The van der Waals surface area contributed by atoms with Gasteiger partial charge in [-0.25, -0.2) is 9.59 Å². The number of aliphatic hydroxyl groups is 5. The van der Waals surface area contributed by atoms with Crippen LogP contribution in [0.4, 0.5) is 4.79 Å². The highest BCUT2D eigenvalue weighted by molar-refractivity contribution is 5.75. The molecule has 1 amide bonds. The minimum atomic E-state index is -2.04. The van der Waals surface area contributed by atoms with Crippen LogP contribution in [0, 0.1) is 0 Å². The normalized spacial score (nSPS) is 15.1. The molecule has 0 saturated heterocycles. The van der Waals surface area contributed by atoms with Crippen molar-refractivity contribution in [3.63, 3.8) is 0 Å². The van der Waals surface area contributed by atoms with E-state index in [1.165, 1.54) is 0 Å². The maximum atomic E-state index is 11.6. The first-order valence-corrected chi connectivity index (χ1v) is 9.37. The summed E-state index contributed by atoms with van der Waals surface area (Å²) >= 11 is 0. The van der Waals surface area contributed by atoms with Gasteiger partial charge in [0.05, 0.1) is 13.2 Å². The molecule has 0 aliphatic carbocycles. The molecule has 1 aromatic carbocycles. The number of hydrogen-bond donors (Lipinski definition) is 6. The largest absolute Gasteiger partial charge is 0.464 e. The fraction of sp³-hybridized carbons (Fsp3) is 0.579. The zero-order chi connectivity index (χ0) is 21.6. The summed E-state index contributed by atoms with van der Waals surface area (Å²) in [4.78, 5) is 23.2. The maximum Gasteiger partial charge on any atom is 0.412 e. The van der Waals surface area contributed by atoms with Crippen LogP contribution >= 0.6 is 0 Å². The van der Waals surface area contributed by atoms with E-state index in [0.717, 1.165) is 6.42 Å². The molecule has 164 valence electrons. The predicted molar refractivity (Wildman–Crippen MR) is 101 cm³/mol. The highest BCUT2D eigenvalue weighted by Crippen LogP contribution is 2.09. The van der Waals surface area contributed by atoms with Crippen LogP contribution in [0.1, 0.15) is 25.7 Å². The van der Waals surface area contributed by atoms with Crippen LogP contribution in [0.5, 0.6) is 5.75 Å². The molecule has 10 nitrogen and oxygen atoms in total. The molecule has 1 rings (SSSR count). The van der Waals surface area contributed by atoms with Crippen LogP contribution in [-0.4, -0.2) is 81.8 Å². The molecule has 0 aliphatic heterocycles. The van der Waals surface area contributed by atoms with E-state index in [0.29, 0.717) is 31.6 Å². The molecule has 0 bridgehead atoms. The molecule has 6 N–H and O–H groups in total. The van der Waals surface area contributed by atoms with Crippen molar-refractivity contribution in [3.8, 4) is 5.75 Å². The standard InChI is InChI=1S/C19H29NO9/c21-12-14(22)15(23)16(24)17(25)18(26)28-11-7-2-1-6-10-20-19(27)29-13-8-4-3-5-9-13/h3-5,8-9,14-17,21-25H,1-2,6-7,10-12H2,(H,20,27). The number of ether oxygens (including phenoxy) is 2. The Kier molecular flexibility index (Phi) is 11.8. The van der Waals surface area contributed by atoms with Gasteiger partial charge in [-0.3, -0.25) is 0 Å². The Bertz CT molecular complexity index is 599. The lowest BCUT2D eigenvalue weighted by atomic mass is 10.0. The molecule has 29 heavy (non-hydrogen) atoms. The summed E-state index contributed by atoms with van der Waals surface area (Å²) in [6, 6.07) is 8.68. The van der Waals surface area contributed by atoms with Crippen molar-refractivity contribution < 1.29 is 44.6 Å². The van der Waals surface area contributed by atoms with Crippen molar-refractivity contribution in [2.75, 3.05) is 19.8 Å². The topological polar surface area (TPSA) is 166 Å². The van der Waals surface area contributed by atoms with Gasteiger partial charge < -0.3 is 40.3 Å². The number of carbonyl (C=O) groups is 2. The quantitative estimate of drug-likeness (QED) is 0.181.